The van der Waals surface area contributed by atoms with Crippen LogP contribution in [0.3, 0.4) is 0 Å². The molecule has 0 radical (unpaired) electrons. The van der Waals surface area contributed by atoms with E-state index in [9.17, 15) is 15.2 Å². The van der Waals surface area contributed by atoms with Gasteiger partial charge in [0.25, 0.3) is 5.56 Å². The molecule has 3 rings (SSSR count). The molecule has 1 heterocycles. The van der Waals surface area contributed by atoms with Gasteiger partial charge in [0.05, 0.1) is 10.9 Å². The SMILES string of the molecule is N#C/C(=C(\O)c1ccccc1)c1nc2ccccc2c(=O)[nH]1. The zero-order valence-corrected chi connectivity index (χ0v) is 11.4. The Morgan fingerprint density at radius 1 is 1.09 bits per heavy atom. The van der Waals surface area contributed by atoms with Gasteiger partial charge in [-0.3, -0.25) is 4.79 Å². The molecule has 106 valence electrons. The second kappa shape index (κ2) is 5.54. The lowest BCUT2D eigenvalue weighted by atomic mass is 10.1. The van der Waals surface area contributed by atoms with Crippen LogP contribution in [0.4, 0.5) is 0 Å². The van der Waals surface area contributed by atoms with Crippen molar-refractivity contribution in [2.24, 2.45) is 0 Å². The number of nitriles is 1. The van der Waals surface area contributed by atoms with Crippen LogP contribution in [0.2, 0.25) is 0 Å². The first kappa shape index (κ1) is 13.6. The lowest BCUT2D eigenvalue weighted by Gasteiger charge is -2.05. The zero-order valence-electron chi connectivity index (χ0n) is 11.4. The summed E-state index contributed by atoms with van der Waals surface area (Å²) in [6, 6.07) is 17.4. The fourth-order valence-corrected chi connectivity index (χ4v) is 2.16. The first-order chi connectivity index (χ1) is 10.7. The summed E-state index contributed by atoms with van der Waals surface area (Å²) in [4.78, 5) is 18.9. The van der Waals surface area contributed by atoms with Crippen LogP contribution in [-0.4, -0.2) is 15.1 Å². The summed E-state index contributed by atoms with van der Waals surface area (Å²) in [6.45, 7) is 0. The molecule has 0 aliphatic heterocycles. The minimum absolute atomic E-state index is 0.0487. The van der Waals surface area contributed by atoms with Gasteiger partial charge >= 0.3 is 0 Å². The standard InChI is InChI=1S/C17H11N3O2/c18-10-13(15(21)11-6-2-1-3-7-11)16-19-14-9-5-4-8-12(14)17(22)20-16/h1-9,21H,(H,19,20,22)/b15-13+. The monoisotopic (exact) mass is 289 g/mol. The van der Waals surface area contributed by atoms with Crippen LogP contribution in [0.1, 0.15) is 11.4 Å². The summed E-state index contributed by atoms with van der Waals surface area (Å²) in [5, 5.41) is 20.1. The van der Waals surface area contributed by atoms with Crippen molar-refractivity contribution in [2.45, 2.75) is 0 Å². The lowest BCUT2D eigenvalue weighted by molar-refractivity contribution is 0.514. The number of hydrogen-bond acceptors (Lipinski definition) is 4. The maximum atomic E-state index is 12.1. The van der Waals surface area contributed by atoms with E-state index in [1.165, 1.54) is 0 Å². The molecule has 5 nitrogen and oxygen atoms in total. The van der Waals surface area contributed by atoms with Crippen molar-refractivity contribution in [1.82, 2.24) is 9.97 Å². The molecule has 0 spiro atoms. The summed E-state index contributed by atoms with van der Waals surface area (Å²) in [7, 11) is 0. The topological polar surface area (TPSA) is 89.8 Å². The van der Waals surface area contributed by atoms with Gasteiger partial charge in [0, 0.05) is 5.56 Å². The Morgan fingerprint density at radius 2 is 1.77 bits per heavy atom. The molecule has 1 aromatic heterocycles. The molecule has 3 aromatic rings. The van der Waals surface area contributed by atoms with Crippen molar-refractivity contribution in [2.75, 3.05) is 0 Å². The highest BCUT2D eigenvalue weighted by Crippen LogP contribution is 2.21. The first-order valence-corrected chi connectivity index (χ1v) is 6.59. The molecular formula is C17H11N3O2. The molecule has 5 heteroatoms. The Kier molecular flexibility index (Phi) is 3.42. The maximum Gasteiger partial charge on any atom is 0.259 e. The largest absolute Gasteiger partial charge is 0.506 e. The predicted octanol–water partition coefficient (Wildman–Crippen LogP) is 2.87. The van der Waals surface area contributed by atoms with Crippen LogP contribution in [0, 0.1) is 11.3 Å². The number of H-pyrrole nitrogens is 1. The number of rotatable bonds is 2. The van der Waals surface area contributed by atoms with E-state index in [-0.39, 0.29) is 22.7 Å². The quantitative estimate of drug-likeness (QED) is 0.560. The highest BCUT2D eigenvalue weighted by molar-refractivity contribution is 5.93. The van der Waals surface area contributed by atoms with Gasteiger partial charge in [-0.1, -0.05) is 42.5 Å². The molecule has 0 amide bonds. The van der Waals surface area contributed by atoms with Gasteiger partial charge < -0.3 is 10.1 Å². The van der Waals surface area contributed by atoms with Gasteiger partial charge in [-0.25, -0.2) is 4.98 Å². The third-order valence-corrected chi connectivity index (χ3v) is 3.25. The first-order valence-electron chi connectivity index (χ1n) is 6.59. The predicted molar refractivity (Wildman–Crippen MR) is 83.9 cm³/mol. The normalized spacial score (nSPS) is 11.8. The molecule has 0 fully saturated rings. The highest BCUT2D eigenvalue weighted by atomic mass is 16.3. The van der Waals surface area contributed by atoms with E-state index in [4.69, 9.17) is 0 Å². The molecule has 0 saturated carbocycles. The van der Waals surface area contributed by atoms with Crippen LogP contribution in [0.25, 0.3) is 22.2 Å². The second-order valence-corrected chi connectivity index (χ2v) is 4.63. The van der Waals surface area contributed by atoms with Crippen molar-refractivity contribution in [3.05, 3.63) is 76.3 Å². The Morgan fingerprint density at radius 3 is 2.50 bits per heavy atom. The fraction of sp³-hybridized carbons (Fsp3) is 0. The van der Waals surface area contributed by atoms with Crippen molar-refractivity contribution >= 4 is 22.2 Å². The summed E-state index contributed by atoms with van der Waals surface area (Å²) < 4.78 is 0. The number of allylic oxidation sites excluding steroid dienone is 1. The number of nitrogens with zero attached hydrogens (tertiary/aromatic N) is 2. The van der Waals surface area contributed by atoms with Gasteiger partial charge in [0.2, 0.25) is 0 Å². The number of nitrogens with one attached hydrogen (secondary N) is 1. The molecule has 0 aliphatic carbocycles. The van der Waals surface area contributed by atoms with Crippen molar-refractivity contribution in [3.63, 3.8) is 0 Å². The van der Waals surface area contributed by atoms with E-state index in [0.29, 0.717) is 16.5 Å². The van der Waals surface area contributed by atoms with E-state index in [2.05, 4.69) is 9.97 Å². The number of fused-ring (bicyclic) bond motifs is 1. The van der Waals surface area contributed by atoms with Gasteiger partial charge in [-0.2, -0.15) is 5.26 Å². The smallest absolute Gasteiger partial charge is 0.259 e. The Labute approximate surface area is 125 Å². The number of aromatic nitrogens is 2. The average Bonchev–Trinajstić information content (AvgIpc) is 2.56. The fourth-order valence-electron chi connectivity index (χ4n) is 2.16. The minimum atomic E-state index is -0.353. The number of aliphatic hydroxyl groups is 1. The Hall–Kier alpha value is -3.39. The van der Waals surface area contributed by atoms with Crippen LogP contribution in [0.5, 0.6) is 0 Å². The van der Waals surface area contributed by atoms with Gasteiger partial charge in [-0.15, -0.1) is 0 Å². The minimum Gasteiger partial charge on any atom is -0.506 e. The highest BCUT2D eigenvalue weighted by Gasteiger charge is 2.14. The second-order valence-electron chi connectivity index (χ2n) is 4.63. The van der Waals surface area contributed by atoms with E-state index in [0.717, 1.165) is 0 Å². The van der Waals surface area contributed by atoms with Crippen LogP contribution in [-0.2, 0) is 0 Å². The average molecular weight is 289 g/mol. The van der Waals surface area contributed by atoms with Crippen molar-refractivity contribution < 1.29 is 5.11 Å². The number of hydrogen-bond donors (Lipinski definition) is 2. The number of aromatic amines is 1. The molecule has 0 atom stereocenters. The van der Waals surface area contributed by atoms with Gasteiger partial charge in [0.1, 0.15) is 17.4 Å². The number of benzene rings is 2. The van der Waals surface area contributed by atoms with Gasteiger partial charge in [0.15, 0.2) is 5.82 Å². The van der Waals surface area contributed by atoms with E-state index >= 15 is 0 Å². The Balaban J connectivity index is 2.25. The maximum absolute atomic E-state index is 12.1. The Bertz CT molecular complexity index is 966. The third-order valence-electron chi connectivity index (χ3n) is 3.25. The molecule has 22 heavy (non-hydrogen) atoms. The molecule has 0 bridgehead atoms. The molecular weight excluding hydrogens is 278 g/mol. The number of para-hydroxylation sites is 1. The molecule has 0 aliphatic rings. The molecule has 0 saturated heterocycles. The zero-order chi connectivity index (χ0) is 15.5. The lowest BCUT2D eigenvalue weighted by Crippen LogP contribution is -2.11. The summed E-state index contributed by atoms with van der Waals surface area (Å²) in [5.74, 6) is -0.172. The number of aliphatic hydroxyl groups excluding tert-OH is 1. The van der Waals surface area contributed by atoms with Crippen molar-refractivity contribution in [3.8, 4) is 6.07 Å². The molecule has 0 unspecified atom stereocenters. The van der Waals surface area contributed by atoms with Crippen LogP contribution in [0.15, 0.2) is 59.4 Å². The summed E-state index contributed by atoms with van der Waals surface area (Å²) in [5.41, 5.74) is 0.521. The third kappa shape index (κ3) is 2.34. The van der Waals surface area contributed by atoms with E-state index < -0.39 is 0 Å². The van der Waals surface area contributed by atoms with Crippen LogP contribution >= 0.6 is 0 Å². The molecule has 2 aromatic carbocycles. The van der Waals surface area contributed by atoms with Crippen molar-refractivity contribution in [1.29, 1.82) is 5.26 Å². The van der Waals surface area contributed by atoms with E-state index in [1.807, 2.05) is 6.07 Å². The molecule has 2 N–H and O–H groups in total. The van der Waals surface area contributed by atoms with Crippen LogP contribution < -0.4 is 5.56 Å². The summed E-state index contributed by atoms with van der Waals surface area (Å²) >= 11 is 0. The summed E-state index contributed by atoms with van der Waals surface area (Å²) in [6.07, 6.45) is 0. The van der Waals surface area contributed by atoms with E-state index in [1.54, 1.807) is 54.6 Å². The van der Waals surface area contributed by atoms with Gasteiger partial charge in [-0.05, 0) is 12.1 Å².